The lowest BCUT2D eigenvalue weighted by Crippen LogP contribution is -2.19. The largest absolute Gasteiger partial charge is 0.381 e. The molecule has 4 nitrogen and oxygen atoms in total. The van der Waals surface area contributed by atoms with Gasteiger partial charge in [-0.1, -0.05) is 11.6 Å². The van der Waals surface area contributed by atoms with E-state index in [1.54, 1.807) is 6.20 Å². The van der Waals surface area contributed by atoms with Gasteiger partial charge in [0.15, 0.2) is 0 Å². The Balaban J connectivity index is 1.80. The van der Waals surface area contributed by atoms with E-state index >= 15 is 0 Å². The zero-order valence-corrected chi connectivity index (χ0v) is 11.3. The summed E-state index contributed by atoms with van der Waals surface area (Å²) >= 11 is 6.07. The molecule has 1 aliphatic heterocycles. The molecule has 0 saturated carbocycles. The van der Waals surface area contributed by atoms with Crippen molar-refractivity contribution in [2.75, 3.05) is 18.5 Å². The van der Waals surface area contributed by atoms with Crippen LogP contribution in [0.25, 0.3) is 5.69 Å². The van der Waals surface area contributed by atoms with Crippen molar-refractivity contribution in [2.45, 2.75) is 18.9 Å². The Labute approximate surface area is 117 Å². The first-order valence-corrected chi connectivity index (χ1v) is 6.86. The molecule has 0 spiro atoms. The Morgan fingerprint density at radius 3 is 3.16 bits per heavy atom. The first-order chi connectivity index (χ1) is 9.33. The van der Waals surface area contributed by atoms with E-state index in [2.05, 4.69) is 10.4 Å². The molecule has 1 aliphatic rings. The maximum absolute atomic E-state index is 6.07. The van der Waals surface area contributed by atoms with Crippen molar-refractivity contribution in [2.24, 2.45) is 0 Å². The van der Waals surface area contributed by atoms with Crippen molar-refractivity contribution in [3.63, 3.8) is 0 Å². The quantitative estimate of drug-likeness (QED) is 0.933. The van der Waals surface area contributed by atoms with Crippen LogP contribution in [-0.2, 0) is 4.74 Å². The predicted molar refractivity (Wildman–Crippen MR) is 76.0 cm³/mol. The summed E-state index contributed by atoms with van der Waals surface area (Å²) in [5.74, 6) is 0. The van der Waals surface area contributed by atoms with Crippen LogP contribution >= 0.6 is 11.6 Å². The summed E-state index contributed by atoms with van der Waals surface area (Å²) in [7, 11) is 0. The molecule has 1 aromatic carbocycles. The van der Waals surface area contributed by atoms with E-state index in [1.807, 2.05) is 35.1 Å². The molecule has 1 atom stereocenters. The second-order valence-electron chi connectivity index (χ2n) is 4.63. The monoisotopic (exact) mass is 277 g/mol. The molecule has 0 aliphatic carbocycles. The van der Waals surface area contributed by atoms with Crippen molar-refractivity contribution in [1.82, 2.24) is 9.78 Å². The first-order valence-electron chi connectivity index (χ1n) is 6.48. The maximum Gasteiger partial charge on any atom is 0.0877 e. The predicted octanol–water partition coefficient (Wildman–Crippen LogP) is 3.12. The average Bonchev–Trinajstić information content (AvgIpc) is 3.10. The minimum Gasteiger partial charge on any atom is -0.381 e. The fraction of sp³-hybridized carbons (Fsp3) is 0.357. The summed E-state index contributed by atoms with van der Waals surface area (Å²) in [4.78, 5) is 0. The van der Waals surface area contributed by atoms with Crippen LogP contribution in [0.3, 0.4) is 0 Å². The number of anilines is 1. The summed E-state index contributed by atoms with van der Waals surface area (Å²) in [6.07, 6.45) is 6.24. The van der Waals surface area contributed by atoms with E-state index < -0.39 is 0 Å². The van der Waals surface area contributed by atoms with Gasteiger partial charge in [0.1, 0.15) is 0 Å². The van der Waals surface area contributed by atoms with Crippen LogP contribution in [0.4, 0.5) is 5.69 Å². The number of nitrogens with zero attached hydrogens (tertiary/aromatic N) is 2. The molecule has 3 rings (SSSR count). The second kappa shape index (κ2) is 5.63. The molecule has 5 heteroatoms. The molecule has 100 valence electrons. The van der Waals surface area contributed by atoms with E-state index in [1.165, 1.54) is 0 Å². The highest BCUT2D eigenvalue weighted by atomic mass is 35.5. The molecule has 1 saturated heterocycles. The molecule has 0 bridgehead atoms. The van der Waals surface area contributed by atoms with Crippen LogP contribution in [0.2, 0.25) is 5.02 Å². The van der Waals surface area contributed by atoms with Crippen LogP contribution in [0, 0.1) is 0 Å². The number of benzene rings is 1. The van der Waals surface area contributed by atoms with Crippen LogP contribution in [-0.4, -0.2) is 29.0 Å². The summed E-state index contributed by atoms with van der Waals surface area (Å²) in [6, 6.07) is 7.66. The highest BCUT2D eigenvalue weighted by Gasteiger charge is 2.16. The number of halogens is 1. The van der Waals surface area contributed by atoms with Gasteiger partial charge in [-0.2, -0.15) is 5.10 Å². The molecule has 0 radical (unpaired) electrons. The molecule has 1 N–H and O–H groups in total. The second-order valence-corrected chi connectivity index (χ2v) is 5.06. The van der Waals surface area contributed by atoms with Crippen molar-refractivity contribution in [3.05, 3.63) is 41.7 Å². The number of nitrogens with one attached hydrogen (secondary N) is 1. The fourth-order valence-corrected chi connectivity index (χ4v) is 2.46. The molecule has 1 unspecified atom stereocenters. The molecule has 0 amide bonds. The Kier molecular flexibility index (Phi) is 3.71. The molecule has 1 fully saturated rings. The van der Waals surface area contributed by atoms with Crippen LogP contribution in [0.1, 0.15) is 12.8 Å². The molecule has 2 aromatic rings. The van der Waals surface area contributed by atoms with Gasteiger partial charge in [-0.3, -0.25) is 0 Å². The third kappa shape index (κ3) is 2.91. The summed E-state index contributed by atoms with van der Waals surface area (Å²) in [5, 5.41) is 8.39. The molecule has 2 heterocycles. The third-order valence-corrected chi connectivity index (χ3v) is 3.49. The minimum absolute atomic E-state index is 0.296. The summed E-state index contributed by atoms with van der Waals surface area (Å²) in [5.41, 5.74) is 1.97. The van der Waals surface area contributed by atoms with E-state index in [4.69, 9.17) is 16.3 Å². The van der Waals surface area contributed by atoms with Gasteiger partial charge in [0, 0.05) is 30.6 Å². The maximum atomic E-state index is 6.07. The van der Waals surface area contributed by atoms with Gasteiger partial charge in [0.05, 0.1) is 17.5 Å². The average molecular weight is 278 g/mol. The van der Waals surface area contributed by atoms with Crippen molar-refractivity contribution in [3.8, 4) is 5.69 Å². The lowest BCUT2D eigenvalue weighted by Gasteiger charge is -2.15. The summed E-state index contributed by atoms with van der Waals surface area (Å²) in [6.45, 7) is 1.67. The zero-order chi connectivity index (χ0) is 13.1. The van der Waals surface area contributed by atoms with Gasteiger partial charge in [-0.25, -0.2) is 4.68 Å². The van der Waals surface area contributed by atoms with Crippen LogP contribution in [0.5, 0.6) is 0 Å². The van der Waals surface area contributed by atoms with Crippen LogP contribution in [0.15, 0.2) is 36.7 Å². The highest BCUT2D eigenvalue weighted by molar-refractivity contribution is 6.31. The number of hydrogen-bond donors (Lipinski definition) is 1. The Morgan fingerprint density at radius 1 is 1.47 bits per heavy atom. The first kappa shape index (κ1) is 12.5. The molecular formula is C14H16ClN3O. The van der Waals surface area contributed by atoms with Gasteiger partial charge in [0.25, 0.3) is 0 Å². The normalized spacial score (nSPS) is 18.7. The fourth-order valence-electron chi connectivity index (χ4n) is 2.29. The van der Waals surface area contributed by atoms with Gasteiger partial charge < -0.3 is 10.1 Å². The molecule has 19 heavy (non-hydrogen) atoms. The molecular weight excluding hydrogens is 262 g/mol. The van der Waals surface area contributed by atoms with E-state index in [0.29, 0.717) is 11.1 Å². The van der Waals surface area contributed by atoms with Crippen molar-refractivity contribution >= 4 is 17.3 Å². The van der Waals surface area contributed by atoms with E-state index in [0.717, 1.165) is 37.4 Å². The lowest BCUT2D eigenvalue weighted by molar-refractivity contribution is 0.120. The minimum atomic E-state index is 0.296. The van der Waals surface area contributed by atoms with Crippen molar-refractivity contribution in [1.29, 1.82) is 0 Å². The van der Waals surface area contributed by atoms with Gasteiger partial charge in [-0.05, 0) is 37.1 Å². The number of ether oxygens (including phenoxy) is 1. The zero-order valence-electron chi connectivity index (χ0n) is 10.6. The topological polar surface area (TPSA) is 39.1 Å². The van der Waals surface area contributed by atoms with Gasteiger partial charge >= 0.3 is 0 Å². The van der Waals surface area contributed by atoms with Crippen LogP contribution < -0.4 is 5.32 Å². The number of aromatic nitrogens is 2. The van der Waals surface area contributed by atoms with E-state index in [9.17, 15) is 0 Å². The standard InChI is InChI=1S/C14H16ClN3O/c15-11-4-5-14(18-7-2-6-17-18)13(9-11)16-10-12-3-1-8-19-12/h2,4-7,9,12,16H,1,3,8,10H2. The van der Waals surface area contributed by atoms with Crippen molar-refractivity contribution < 1.29 is 4.74 Å². The number of hydrogen-bond acceptors (Lipinski definition) is 3. The number of rotatable bonds is 4. The Morgan fingerprint density at radius 2 is 2.42 bits per heavy atom. The SMILES string of the molecule is Clc1ccc(-n2cccn2)c(NCC2CCCO2)c1. The Bertz CT molecular complexity index is 536. The summed E-state index contributed by atoms with van der Waals surface area (Å²) < 4.78 is 7.45. The van der Waals surface area contributed by atoms with E-state index in [-0.39, 0.29) is 0 Å². The Hall–Kier alpha value is -1.52. The third-order valence-electron chi connectivity index (χ3n) is 3.25. The van der Waals surface area contributed by atoms with Gasteiger partial charge in [-0.15, -0.1) is 0 Å². The molecule has 1 aromatic heterocycles. The van der Waals surface area contributed by atoms with Gasteiger partial charge in [0.2, 0.25) is 0 Å². The highest BCUT2D eigenvalue weighted by Crippen LogP contribution is 2.24. The smallest absolute Gasteiger partial charge is 0.0877 e. The lowest BCUT2D eigenvalue weighted by atomic mass is 10.2.